The Morgan fingerprint density at radius 2 is 1.88 bits per heavy atom. The average Bonchev–Trinajstić information content (AvgIpc) is 3.27. The van der Waals surface area contributed by atoms with Crippen LogP contribution in [0.5, 0.6) is 0 Å². The molecular weight excluding hydrogens is 340 g/mol. The summed E-state index contributed by atoms with van der Waals surface area (Å²) >= 11 is 0. The van der Waals surface area contributed by atoms with Gasteiger partial charge in [0, 0.05) is 25.2 Å². The van der Waals surface area contributed by atoms with Crippen molar-refractivity contribution < 1.29 is 18.3 Å². The molecule has 0 bridgehead atoms. The minimum Gasteiger partial charge on any atom is -0.477 e. The van der Waals surface area contributed by atoms with E-state index in [1.807, 2.05) is 24.3 Å². The maximum Gasteiger partial charge on any atom is 0.352 e. The second kappa shape index (κ2) is 5.36. The third-order valence-corrected chi connectivity index (χ3v) is 7.26. The number of aromatic nitrogens is 1. The van der Waals surface area contributed by atoms with Gasteiger partial charge in [0.1, 0.15) is 10.6 Å². The van der Waals surface area contributed by atoms with Crippen molar-refractivity contribution in [1.29, 1.82) is 0 Å². The van der Waals surface area contributed by atoms with E-state index in [0.29, 0.717) is 6.54 Å². The first kappa shape index (κ1) is 16.2. The number of aromatic carboxylic acids is 1. The van der Waals surface area contributed by atoms with E-state index in [9.17, 15) is 18.3 Å². The SMILES string of the molecule is Cn1cc(S(=O)(=O)N2CC3(CCCC3)c3ccccc32)cc1C(=O)O. The molecule has 0 saturated heterocycles. The van der Waals surface area contributed by atoms with E-state index in [-0.39, 0.29) is 16.0 Å². The van der Waals surface area contributed by atoms with Crippen LogP contribution in [0.4, 0.5) is 5.69 Å². The number of benzene rings is 1. The molecule has 4 rings (SSSR count). The number of aryl methyl sites for hydroxylation is 1. The number of carboxylic acid groups (broad SMARTS) is 1. The lowest BCUT2D eigenvalue weighted by Gasteiger charge is -2.25. The number of anilines is 1. The number of hydrogen-bond acceptors (Lipinski definition) is 3. The highest BCUT2D eigenvalue weighted by Crippen LogP contribution is 2.51. The molecule has 0 radical (unpaired) electrons. The van der Waals surface area contributed by atoms with Crippen molar-refractivity contribution in [2.45, 2.75) is 36.0 Å². The summed E-state index contributed by atoms with van der Waals surface area (Å²) in [5.41, 5.74) is 1.69. The van der Waals surface area contributed by atoms with Crippen molar-refractivity contribution in [3.8, 4) is 0 Å². The van der Waals surface area contributed by atoms with E-state index in [1.54, 1.807) is 7.05 Å². The Balaban J connectivity index is 1.82. The molecule has 25 heavy (non-hydrogen) atoms. The third kappa shape index (κ3) is 2.29. The summed E-state index contributed by atoms with van der Waals surface area (Å²) < 4.78 is 29.3. The lowest BCUT2D eigenvalue weighted by atomic mass is 9.81. The molecule has 0 atom stereocenters. The summed E-state index contributed by atoms with van der Waals surface area (Å²) in [5, 5.41) is 9.21. The van der Waals surface area contributed by atoms with Crippen molar-refractivity contribution >= 4 is 21.7 Å². The van der Waals surface area contributed by atoms with Gasteiger partial charge in [0.25, 0.3) is 10.0 Å². The molecule has 7 heteroatoms. The lowest BCUT2D eigenvalue weighted by molar-refractivity contribution is 0.0686. The highest BCUT2D eigenvalue weighted by atomic mass is 32.2. The summed E-state index contributed by atoms with van der Waals surface area (Å²) in [6, 6.07) is 8.92. The summed E-state index contributed by atoms with van der Waals surface area (Å²) in [4.78, 5) is 11.3. The lowest BCUT2D eigenvalue weighted by Crippen LogP contribution is -2.35. The summed E-state index contributed by atoms with van der Waals surface area (Å²) in [6.45, 7) is 0.436. The van der Waals surface area contributed by atoms with Crippen molar-refractivity contribution in [3.63, 3.8) is 0 Å². The number of sulfonamides is 1. The van der Waals surface area contributed by atoms with Gasteiger partial charge in [-0.2, -0.15) is 0 Å². The van der Waals surface area contributed by atoms with Crippen molar-refractivity contribution in [2.75, 3.05) is 10.8 Å². The van der Waals surface area contributed by atoms with Gasteiger partial charge in [-0.15, -0.1) is 0 Å². The number of rotatable bonds is 3. The number of para-hydroxylation sites is 1. The highest BCUT2D eigenvalue weighted by molar-refractivity contribution is 7.92. The van der Waals surface area contributed by atoms with Gasteiger partial charge in [-0.1, -0.05) is 31.0 Å². The van der Waals surface area contributed by atoms with Crippen LogP contribution in [0.1, 0.15) is 41.7 Å². The monoisotopic (exact) mass is 360 g/mol. The number of hydrogen-bond donors (Lipinski definition) is 1. The maximum atomic E-state index is 13.2. The van der Waals surface area contributed by atoms with Crippen LogP contribution in [0.25, 0.3) is 0 Å². The van der Waals surface area contributed by atoms with Crippen LogP contribution in [-0.2, 0) is 22.5 Å². The topological polar surface area (TPSA) is 79.6 Å². The van der Waals surface area contributed by atoms with Gasteiger partial charge >= 0.3 is 5.97 Å². The summed E-state index contributed by atoms with van der Waals surface area (Å²) in [7, 11) is -2.26. The molecule has 2 aliphatic rings. The van der Waals surface area contributed by atoms with E-state index >= 15 is 0 Å². The van der Waals surface area contributed by atoms with Gasteiger partial charge < -0.3 is 9.67 Å². The van der Waals surface area contributed by atoms with Crippen LogP contribution >= 0.6 is 0 Å². The first-order valence-electron chi connectivity index (χ1n) is 8.37. The summed E-state index contributed by atoms with van der Waals surface area (Å²) in [6.07, 6.45) is 5.57. The van der Waals surface area contributed by atoms with Gasteiger partial charge in [-0.25, -0.2) is 13.2 Å². The van der Waals surface area contributed by atoms with Gasteiger partial charge in [-0.3, -0.25) is 4.31 Å². The molecule has 1 aliphatic carbocycles. The van der Waals surface area contributed by atoms with Crippen molar-refractivity contribution in [3.05, 3.63) is 47.8 Å². The fourth-order valence-electron chi connectivity index (χ4n) is 4.29. The Morgan fingerprint density at radius 3 is 2.52 bits per heavy atom. The first-order chi connectivity index (χ1) is 11.8. The van der Waals surface area contributed by atoms with E-state index < -0.39 is 16.0 Å². The Kier molecular flexibility index (Phi) is 3.47. The standard InChI is InChI=1S/C18H20N2O4S/c1-19-11-13(10-16(19)17(21)22)25(23,24)20-12-18(8-4-5-9-18)14-6-2-3-7-15(14)20/h2-3,6-7,10-11H,4-5,8-9,12H2,1H3,(H,21,22). The molecule has 1 saturated carbocycles. The van der Waals surface area contributed by atoms with Crippen LogP contribution in [0.2, 0.25) is 0 Å². The van der Waals surface area contributed by atoms with Crippen molar-refractivity contribution in [2.24, 2.45) is 7.05 Å². The molecule has 1 aliphatic heterocycles. The van der Waals surface area contributed by atoms with Crippen LogP contribution in [-0.4, -0.2) is 30.6 Å². The molecule has 1 aromatic carbocycles. The molecule has 1 aromatic heterocycles. The van der Waals surface area contributed by atoms with E-state index in [1.165, 1.54) is 21.1 Å². The molecular formula is C18H20N2O4S. The smallest absolute Gasteiger partial charge is 0.352 e. The number of carboxylic acids is 1. The Bertz CT molecular complexity index is 955. The first-order valence-corrected chi connectivity index (χ1v) is 9.81. The molecule has 2 heterocycles. The van der Waals surface area contributed by atoms with E-state index in [2.05, 4.69) is 0 Å². The predicted octanol–water partition coefficient (Wildman–Crippen LogP) is 2.74. The van der Waals surface area contributed by atoms with Crippen LogP contribution in [0.3, 0.4) is 0 Å². The van der Waals surface area contributed by atoms with Gasteiger partial charge in [0.2, 0.25) is 0 Å². The quantitative estimate of drug-likeness (QED) is 0.913. The molecule has 1 N–H and O–H groups in total. The zero-order valence-electron chi connectivity index (χ0n) is 14.0. The number of fused-ring (bicyclic) bond motifs is 2. The Morgan fingerprint density at radius 1 is 1.20 bits per heavy atom. The zero-order chi connectivity index (χ0) is 17.8. The maximum absolute atomic E-state index is 13.2. The molecule has 1 spiro atoms. The second-order valence-corrected chi connectivity index (χ2v) is 8.86. The van der Waals surface area contributed by atoms with Crippen molar-refractivity contribution in [1.82, 2.24) is 4.57 Å². The van der Waals surface area contributed by atoms with E-state index in [4.69, 9.17) is 0 Å². The Hall–Kier alpha value is -2.28. The fourth-order valence-corrected chi connectivity index (χ4v) is 5.94. The Labute approximate surface area is 146 Å². The number of nitrogens with zero attached hydrogens (tertiary/aromatic N) is 2. The van der Waals surface area contributed by atoms with Crippen LogP contribution in [0, 0.1) is 0 Å². The van der Waals surface area contributed by atoms with Gasteiger partial charge in [0.05, 0.1) is 5.69 Å². The minimum absolute atomic E-state index is 0.0252. The van der Waals surface area contributed by atoms with Gasteiger partial charge in [-0.05, 0) is 30.5 Å². The zero-order valence-corrected chi connectivity index (χ0v) is 14.8. The second-order valence-electron chi connectivity index (χ2n) is 6.99. The third-order valence-electron chi connectivity index (χ3n) is 5.54. The molecule has 0 amide bonds. The fraction of sp³-hybridized carbons (Fsp3) is 0.389. The molecule has 1 fully saturated rings. The molecule has 6 nitrogen and oxygen atoms in total. The largest absolute Gasteiger partial charge is 0.477 e. The van der Waals surface area contributed by atoms with E-state index in [0.717, 1.165) is 36.9 Å². The minimum atomic E-state index is -3.80. The van der Waals surface area contributed by atoms with Crippen LogP contribution in [0.15, 0.2) is 41.4 Å². The van der Waals surface area contributed by atoms with Crippen LogP contribution < -0.4 is 4.31 Å². The van der Waals surface area contributed by atoms with Gasteiger partial charge in [0.15, 0.2) is 0 Å². The normalized spacial score (nSPS) is 18.7. The molecule has 2 aromatic rings. The number of carbonyl (C=O) groups is 1. The summed E-state index contributed by atoms with van der Waals surface area (Å²) in [5.74, 6) is -1.14. The molecule has 0 unspecified atom stereocenters. The molecule has 132 valence electrons. The predicted molar refractivity (Wildman–Crippen MR) is 93.5 cm³/mol. The highest BCUT2D eigenvalue weighted by Gasteiger charge is 2.48. The average molecular weight is 360 g/mol.